The molecule has 98 valence electrons. The summed E-state index contributed by atoms with van der Waals surface area (Å²) in [4.78, 5) is 10.9. The second kappa shape index (κ2) is 5.20. The van der Waals surface area contributed by atoms with E-state index < -0.39 is 0 Å². The van der Waals surface area contributed by atoms with Gasteiger partial charge in [0.25, 0.3) is 0 Å². The zero-order valence-corrected chi connectivity index (χ0v) is 10.8. The molecule has 0 spiro atoms. The molecule has 1 N–H and O–H groups in total. The van der Waals surface area contributed by atoms with E-state index in [1.807, 2.05) is 13.0 Å². The average molecular weight is 248 g/mol. The number of hydrogen-bond donors (Lipinski definition) is 1. The molecule has 0 unspecified atom stereocenters. The van der Waals surface area contributed by atoms with Crippen LogP contribution in [0.4, 0.5) is 5.82 Å². The molecule has 1 saturated carbocycles. The highest BCUT2D eigenvalue weighted by molar-refractivity contribution is 5.36. The van der Waals surface area contributed by atoms with E-state index in [1.54, 1.807) is 6.33 Å². The summed E-state index contributed by atoms with van der Waals surface area (Å²) in [6.07, 6.45) is 4.04. The van der Waals surface area contributed by atoms with Crippen LogP contribution in [0.2, 0.25) is 0 Å². The molecule has 3 rings (SSSR count). The molecule has 1 aliphatic heterocycles. The highest BCUT2D eigenvalue weighted by Crippen LogP contribution is 2.28. The lowest BCUT2D eigenvalue weighted by atomic mass is 9.85. The maximum absolute atomic E-state index is 5.38. The minimum atomic E-state index is 0.562. The molecule has 1 aliphatic carbocycles. The van der Waals surface area contributed by atoms with Gasteiger partial charge in [0, 0.05) is 36.9 Å². The van der Waals surface area contributed by atoms with Crippen molar-refractivity contribution in [3.63, 3.8) is 0 Å². The average Bonchev–Trinajstić information content (AvgIpc) is 2.34. The van der Waals surface area contributed by atoms with Gasteiger partial charge in [-0.1, -0.05) is 0 Å². The second-order valence-corrected chi connectivity index (χ2v) is 5.16. The summed E-state index contributed by atoms with van der Waals surface area (Å²) in [5, 5.41) is 3.48. The van der Waals surface area contributed by atoms with E-state index in [9.17, 15) is 0 Å². The largest absolute Gasteiger partial charge is 0.379 e. The molecular weight excluding hydrogens is 228 g/mol. The van der Waals surface area contributed by atoms with Crippen LogP contribution in [0.15, 0.2) is 12.4 Å². The molecule has 2 fully saturated rings. The zero-order chi connectivity index (χ0) is 12.4. The Balaban J connectivity index is 1.47. The van der Waals surface area contributed by atoms with Gasteiger partial charge in [0.2, 0.25) is 0 Å². The van der Waals surface area contributed by atoms with Crippen molar-refractivity contribution in [3.05, 3.63) is 18.1 Å². The maximum Gasteiger partial charge on any atom is 0.129 e. The Labute approximate surface area is 108 Å². The molecule has 1 aromatic rings. The van der Waals surface area contributed by atoms with Gasteiger partial charge in [-0.3, -0.25) is 4.90 Å². The first-order valence-electron chi connectivity index (χ1n) is 6.68. The number of nitrogens with zero attached hydrogens (tertiary/aromatic N) is 3. The molecular formula is C13H20N4O. The Hall–Kier alpha value is -1.20. The summed E-state index contributed by atoms with van der Waals surface area (Å²) >= 11 is 0. The summed E-state index contributed by atoms with van der Waals surface area (Å²) in [6.45, 7) is 5.94. The number of rotatable bonds is 3. The predicted octanol–water partition coefficient (Wildman–Crippen LogP) is 1.06. The number of nitrogens with one attached hydrogen (secondary N) is 1. The van der Waals surface area contributed by atoms with Crippen LogP contribution in [-0.2, 0) is 4.74 Å². The molecule has 0 atom stereocenters. The Bertz CT molecular complexity index is 400. The molecule has 1 aromatic heterocycles. The van der Waals surface area contributed by atoms with Gasteiger partial charge < -0.3 is 10.1 Å². The van der Waals surface area contributed by atoms with Crippen molar-refractivity contribution in [3.8, 4) is 0 Å². The summed E-state index contributed by atoms with van der Waals surface area (Å²) in [6, 6.07) is 3.30. The Morgan fingerprint density at radius 1 is 1.28 bits per heavy atom. The molecule has 0 bridgehead atoms. The fourth-order valence-electron chi connectivity index (χ4n) is 2.69. The number of morpholine rings is 1. The Morgan fingerprint density at radius 3 is 2.78 bits per heavy atom. The first kappa shape index (κ1) is 11.9. The van der Waals surface area contributed by atoms with E-state index in [0.717, 1.165) is 43.9 Å². The van der Waals surface area contributed by atoms with Crippen LogP contribution in [0.25, 0.3) is 0 Å². The van der Waals surface area contributed by atoms with Gasteiger partial charge in [-0.25, -0.2) is 9.97 Å². The van der Waals surface area contributed by atoms with Crippen molar-refractivity contribution in [2.75, 3.05) is 31.6 Å². The quantitative estimate of drug-likeness (QED) is 0.867. The molecule has 5 nitrogen and oxygen atoms in total. The third kappa shape index (κ3) is 2.62. The number of ether oxygens (including phenoxy) is 1. The number of aromatic nitrogens is 2. The molecule has 5 heteroatoms. The molecule has 0 aromatic carbocycles. The summed E-state index contributed by atoms with van der Waals surface area (Å²) < 4.78 is 5.38. The normalized spacial score (nSPS) is 28.7. The van der Waals surface area contributed by atoms with E-state index in [1.165, 1.54) is 12.8 Å². The van der Waals surface area contributed by atoms with Crippen LogP contribution in [-0.4, -0.2) is 53.3 Å². The summed E-state index contributed by atoms with van der Waals surface area (Å²) in [5.74, 6) is 0.952. The van der Waals surface area contributed by atoms with Crippen LogP contribution in [0.5, 0.6) is 0 Å². The molecule has 2 aliphatic rings. The summed E-state index contributed by atoms with van der Waals surface area (Å²) in [5.41, 5.74) is 1.01. The lowest BCUT2D eigenvalue weighted by Crippen LogP contribution is -2.53. The van der Waals surface area contributed by atoms with E-state index in [2.05, 4.69) is 20.2 Å². The fraction of sp³-hybridized carbons (Fsp3) is 0.692. The monoisotopic (exact) mass is 248 g/mol. The van der Waals surface area contributed by atoms with Gasteiger partial charge in [-0.15, -0.1) is 0 Å². The van der Waals surface area contributed by atoms with Gasteiger partial charge in [-0.05, 0) is 19.8 Å². The van der Waals surface area contributed by atoms with Crippen LogP contribution in [0.1, 0.15) is 18.5 Å². The third-order valence-electron chi connectivity index (χ3n) is 3.83. The first-order chi connectivity index (χ1) is 8.81. The van der Waals surface area contributed by atoms with Gasteiger partial charge in [0.05, 0.1) is 13.2 Å². The predicted molar refractivity (Wildman–Crippen MR) is 69.6 cm³/mol. The molecule has 0 radical (unpaired) electrons. The van der Waals surface area contributed by atoms with Crippen molar-refractivity contribution < 1.29 is 4.74 Å². The summed E-state index contributed by atoms with van der Waals surface area (Å²) in [7, 11) is 0. The standard InChI is InChI=1S/C13H20N4O/c1-10-6-13(15-9-14-10)16-11-7-12(8-11)17-2-4-18-5-3-17/h6,9,11-12H,2-5,7-8H2,1H3,(H,14,15,16)/t11-,12-. The second-order valence-electron chi connectivity index (χ2n) is 5.16. The Kier molecular flexibility index (Phi) is 3.43. The number of anilines is 1. The van der Waals surface area contributed by atoms with Gasteiger partial charge in [0.15, 0.2) is 0 Å². The zero-order valence-electron chi connectivity index (χ0n) is 10.8. The van der Waals surface area contributed by atoms with Crippen LogP contribution in [0.3, 0.4) is 0 Å². The molecule has 0 amide bonds. The maximum atomic E-state index is 5.38. The minimum absolute atomic E-state index is 0.562. The van der Waals surface area contributed by atoms with Crippen molar-refractivity contribution in [2.24, 2.45) is 0 Å². The van der Waals surface area contributed by atoms with E-state index >= 15 is 0 Å². The number of hydrogen-bond acceptors (Lipinski definition) is 5. The van der Waals surface area contributed by atoms with E-state index in [4.69, 9.17) is 4.74 Å². The highest BCUT2D eigenvalue weighted by atomic mass is 16.5. The Morgan fingerprint density at radius 2 is 2.06 bits per heavy atom. The van der Waals surface area contributed by atoms with E-state index in [-0.39, 0.29) is 0 Å². The third-order valence-corrected chi connectivity index (χ3v) is 3.83. The lowest BCUT2D eigenvalue weighted by Gasteiger charge is -2.44. The van der Waals surface area contributed by atoms with Crippen molar-refractivity contribution in [1.29, 1.82) is 0 Å². The molecule has 18 heavy (non-hydrogen) atoms. The lowest BCUT2D eigenvalue weighted by molar-refractivity contribution is -0.00439. The first-order valence-corrected chi connectivity index (χ1v) is 6.68. The van der Waals surface area contributed by atoms with Crippen molar-refractivity contribution in [2.45, 2.75) is 31.8 Å². The smallest absolute Gasteiger partial charge is 0.129 e. The van der Waals surface area contributed by atoms with Crippen LogP contribution >= 0.6 is 0 Å². The highest BCUT2D eigenvalue weighted by Gasteiger charge is 2.34. The van der Waals surface area contributed by atoms with Crippen molar-refractivity contribution in [1.82, 2.24) is 14.9 Å². The van der Waals surface area contributed by atoms with Crippen molar-refractivity contribution >= 4 is 5.82 Å². The van der Waals surface area contributed by atoms with Gasteiger partial charge in [0.1, 0.15) is 12.1 Å². The molecule has 1 saturated heterocycles. The van der Waals surface area contributed by atoms with E-state index in [0.29, 0.717) is 6.04 Å². The fourth-order valence-corrected chi connectivity index (χ4v) is 2.69. The van der Waals surface area contributed by atoms with Crippen LogP contribution in [0, 0.1) is 6.92 Å². The topological polar surface area (TPSA) is 50.3 Å². The van der Waals surface area contributed by atoms with Gasteiger partial charge in [-0.2, -0.15) is 0 Å². The number of aryl methyl sites for hydroxylation is 1. The van der Waals surface area contributed by atoms with Crippen LogP contribution < -0.4 is 5.32 Å². The minimum Gasteiger partial charge on any atom is -0.379 e. The SMILES string of the molecule is Cc1cc(N[C@H]2C[C@H](N3CCOCC3)C2)ncn1. The van der Waals surface area contributed by atoms with Gasteiger partial charge >= 0.3 is 0 Å². The molecule has 2 heterocycles.